The van der Waals surface area contributed by atoms with Crippen molar-refractivity contribution >= 4 is 122 Å². The molecule has 0 spiro atoms. The third kappa shape index (κ3) is 21.7. The number of alkyl halides is 6. The third-order valence-corrected chi connectivity index (χ3v) is 19.4. The Balaban J connectivity index is 0.000000231. The molecule has 1 atom stereocenters. The standard InChI is InChI=1S/C17H21N5O9S2.C16H18Cl2N2O4.C14H13F3N6O5S.C14H13F3N2O4S/c1-29-13-8-14(30-2)20-16(19-13)21-17(24)22-33(27,28)12-7-10(9-18-32(4,25)26)5-6-11(12)15(23)31-3;1-4-23-14(21)12-9-16(3,15(22)24-5-2)20(19-12)13-7-6-10(17)8-11(13)18;1-26-8-6-9(27-2)23-13(19-8)20-12(21-23)22-29(24,25)10-7(14(15,16)17)4-5-18-11(10)28-3;1-7-11(13(21)19(2)18-7)12(20)9-5-4-8(14(15,16)17)6-10(9)24(3,22)23/h5-8,18H,9H2,1-4H3,(H2,19,20,21,22,24);6-8H,4-5,9H2,1-3H3;4-6H,1-3H3,(H,21,22);4-6,21H,1-3H3. The van der Waals surface area contributed by atoms with Gasteiger partial charge in [0.2, 0.25) is 57.0 Å². The summed E-state index contributed by atoms with van der Waals surface area (Å²) in [5.41, 5.74) is -4.03. The summed E-state index contributed by atoms with van der Waals surface area (Å²) in [6, 6.07) is 12.1. The lowest BCUT2D eigenvalue weighted by molar-refractivity contribution is -0.148. The van der Waals surface area contributed by atoms with Gasteiger partial charge in [-0.05, 0) is 87.9 Å². The summed E-state index contributed by atoms with van der Waals surface area (Å²) >= 11 is 12.2. The van der Waals surface area contributed by atoms with Crippen LogP contribution in [0.2, 0.25) is 10.0 Å². The fraction of sp³-hybridized carbons (Fsp3) is 0.328. The smallest absolute Gasteiger partial charge is 0.418 e. The highest BCUT2D eigenvalue weighted by molar-refractivity contribution is 7.93. The number of ketones is 1. The molecule has 596 valence electrons. The monoisotopic (exact) mass is 1670 g/mol. The zero-order valence-electron chi connectivity index (χ0n) is 59.4. The number of aromatic nitrogens is 9. The molecule has 5 aromatic heterocycles. The van der Waals surface area contributed by atoms with Crippen LogP contribution in [0.15, 0.2) is 98.8 Å². The number of carbonyl (C=O) groups excluding carboxylic acids is 5. The number of fused-ring (bicyclic) bond motifs is 1. The number of esters is 3. The summed E-state index contributed by atoms with van der Waals surface area (Å²) in [5.74, 6) is -4.94. The number of ether oxygens (including phenoxy) is 8. The fourth-order valence-electron chi connectivity index (χ4n) is 9.36. The highest BCUT2D eigenvalue weighted by atomic mass is 35.5. The van der Waals surface area contributed by atoms with Gasteiger partial charge in [0.25, 0.3) is 31.8 Å². The van der Waals surface area contributed by atoms with Gasteiger partial charge in [0.05, 0.1) is 112 Å². The molecule has 0 saturated heterocycles. The van der Waals surface area contributed by atoms with Gasteiger partial charge >= 0.3 is 36.3 Å². The second-order valence-electron chi connectivity index (χ2n) is 22.1. The molecule has 0 radical (unpaired) electrons. The summed E-state index contributed by atoms with van der Waals surface area (Å²) in [4.78, 5) is 77.9. The molecule has 0 saturated carbocycles. The second kappa shape index (κ2) is 35.6. The summed E-state index contributed by atoms with van der Waals surface area (Å²) in [7, 11) is -8.48. The number of sulfone groups is 1. The van der Waals surface area contributed by atoms with Crippen LogP contribution >= 0.6 is 23.2 Å². The molecule has 0 aliphatic carbocycles. The first-order chi connectivity index (χ1) is 51.1. The number of carbonyl (C=O) groups is 5. The van der Waals surface area contributed by atoms with Crippen molar-refractivity contribution in [3.8, 4) is 35.3 Å². The molecule has 110 heavy (non-hydrogen) atoms. The summed E-state index contributed by atoms with van der Waals surface area (Å²) in [6.45, 7) is 6.64. The van der Waals surface area contributed by atoms with E-state index in [2.05, 4.69) is 55.0 Å². The van der Waals surface area contributed by atoms with Crippen LogP contribution in [0.4, 0.5) is 48.7 Å². The van der Waals surface area contributed by atoms with Gasteiger partial charge in [0.15, 0.2) is 20.3 Å². The highest BCUT2D eigenvalue weighted by Gasteiger charge is 2.50. The van der Waals surface area contributed by atoms with Crippen molar-refractivity contribution in [3.05, 3.63) is 128 Å². The van der Waals surface area contributed by atoms with Crippen molar-refractivity contribution in [2.75, 3.05) is 83.4 Å². The molecule has 49 heteroatoms. The SMILES string of the molecule is CCOC(=O)C1=NN(c2ccc(Cl)cc2Cl)C(C)(C(=O)OCC)C1.COC(=O)c1ccc(CNS(C)(=O)=O)cc1S(=O)(=O)NC(=O)Nc1nc(OC)cc(OC)n1.COc1cc(OC)n2nc(NS(=O)(=O)c3c(C(F)(F)F)ccnc3OC)nc2n1.Cc1nn(C)c(O)c1C(=O)c1ccc(C(F)(F)F)cc1S(C)(=O)=O. The largest absolute Gasteiger partial charge is 0.493 e. The number of halogens is 8. The van der Waals surface area contributed by atoms with E-state index < -0.39 is 137 Å². The molecule has 9 rings (SSSR count). The third-order valence-electron chi connectivity index (χ3n) is 14.3. The van der Waals surface area contributed by atoms with E-state index in [4.69, 9.17) is 56.4 Å². The number of pyridine rings is 1. The van der Waals surface area contributed by atoms with Crippen molar-refractivity contribution in [2.45, 2.75) is 73.2 Å². The molecule has 2 amide bonds. The molecule has 1 unspecified atom stereocenters. The van der Waals surface area contributed by atoms with E-state index in [1.54, 1.807) is 43.7 Å². The second-order valence-corrected chi connectivity index (χ2v) is 30.0. The van der Waals surface area contributed by atoms with E-state index in [1.165, 1.54) is 65.6 Å². The van der Waals surface area contributed by atoms with Crippen LogP contribution in [0.3, 0.4) is 0 Å². The van der Waals surface area contributed by atoms with E-state index in [1.807, 2.05) is 4.72 Å². The van der Waals surface area contributed by atoms with Crippen molar-refractivity contribution < 1.29 is 127 Å². The van der Waals surface area contributed by atoms with Crippen molar-refractivity contribution in [1.82, 2.24) is 53.8 Å². The van der Waals surface area contributed by atoms with Gasteiger partial charge in [0.1, 0.15) is 16.2 Å². The minimum Gasteiger partial charge on any atom is -0.493 e. The summed E-state index contributed by atoms with van der Waals surface area (Å²) < 4.78 is 223. The first-order valence-corrected chi connectivity index (χ1v) is 38.0. The molecule has 0 fully saturated rings. The van der Waals surface area contributed by atoms with E-state index in [0.29, 0.717) is 40.2 Å². The molecule has 0 bridgehead atoms. The van der Waals surface area contributed by atoms with Gasteiger partial charge in [-0.15, -0.1) is 5.10 Å². The Hall–Kier alpha value is -11.0. The summed E-state index contributed by atoms with van der Waals surface area (Å²) in [5, 5.41) is 26.1. The topological polar surface area (TPSA) is 479 Å². The van der Waals surface area contributed by atoms with Gasteiger partial charge in [-0.2, -0.15) is 61.0 Å². The van der Waals surface area contributed by atoms with E-state index >= 15 is 0 Å². The number of hydrogen-bond donors (Lipinski definition) is 5. The van der Waals surface area contributed by atoms with Crippen LogP contribution in [-0.4, -0.2) is 192 Å². The van der Waals surface area contributed by atoms with Crippen LogP contribution in [-0.2, 0) is 89.7 Å². The number of nitrogens with one attached hydrogen (secondary N) is 4. The predicted octanol–water partition coefficient (Wildman–Crippen LogP) is 6.74. The number of rotatable bonds is 23. The molecular weight excluding hydrogens is 1610 g/mol. The first kappa shape index (κ1) is 87.9. The molecular formula is C61H65Cl2F6N15O22S4. The van der Waals surface area contributed by atoms with Crippen LogP contribution < -0.4 is 48.2 Å². The van der Waals surface area contributed by atoms with Crippen molar-refractivity contribution in [2.24, 2.45) is 12.1 Å². The van der Waals surface area contributed by atoms with Gasteiger partial charge in [0, 0.05) is 43.1 Å². The Morgan fingerprint density at radius 3 is 1.83 bits per heavy atom. The first-order valence-electron chi connectivity index (χ1n) is 30.5. The number of benzene rings is 3. The molecule has 1 aliphatic heterocycles. The lowest BCUT2D eigenvalue weighted by Gasteiger charge is -2.32. The number of aryl methyl sites for hydroxylation is 2. The number of hydrogen-bond acceptors (Lipinski definition) is 31. The zero-order chi connectivity index (χ0) is 82.6. The normalized spacial score (nSPS) is 13.6. The fourth-order valence-corrected chi connectivity index (χ4v) is 13.6. The lowest BCUT2D eigenvalue weighted by Crippen LogP contribution is -2.48. The lowest BCUT2D eigenvalue weighted by atomic mass is 9.95. The molecule has 3 aromatic carbocycles. The van der Waals surface area contributed by atoms with Gasteiger partial charge < -0.3 is 43.0 Å². The Labute approximate surface area is 631 Å². The zero-order valence-corrected chi connectivity index (χ0v) is 64.2. The average molecular weight is 1670 g/mol. The number of methoxy groups -OCH3 is 6. The average Bonchev–Trinajstić information content (AvgIpc) is 1.33. The predicted molar refractivity (Wildman–Crippen MR) is 375 cm³/mol. The van der Waals surface area contributed by atoms with Crippen LogP contribution in [0.25, 0.3) is 5.78 Å². The minimum absolute atomic E-state index is 0.0408. The number of hydrazone groups is 1. The summed E-state index contributed by atoms with van der Waals surface area (Å²) in [6.07, 6.45) is -7.27. The molecule has 1 aliphatic rings. The van der Waals surface area contributed by atoms with Gasteiger partial charge in [-0.25, -0.2) is 81.7 Å². The van der Waals surface area contributed by atoms with Gasteiger partial charge in [-0.3, -0.25) is 10.1 Å². The Kier molecular flexibility index (Phi) is 28.4. The molecule has 5 N–H and O–H groups in total. The van der Waals surface area contributed by atoms with Crippen LogP contribution in [0.1, 0.15) is 75.9 Å². The Bertz CT molecular complexity index is 5330. The number of aromatic hydroxyl groups is 1. The quantitative estimate of drug-likeness (QED) is 0.0191. The van der Waals surface area contributed by atoms with Gasteiger partial charge in [-0.1, -0.05) is 29.3 Å². The Morgan fingerprint density at radius 2 is 1.30 bits per heavy atom. The maximum absolute atomic E-state index is 13.3. The minimum atomic E-state index is -4.98. The molecule has 6 heterocycles. The van der Waals surface area contributed by atoms with Crippen molar-refractivity contribution in [3.63, 3.8) is 0 Å². The van der Waals surface area contributed by atoms with Crippen molar-refractivity contribution in [1.29, 1.82) is 0 Å². The van der Waals surface area contributed by atoms with E-state index in [-0.39, 0.29) is 89.5 Å². The van der Waals surface area contributed by atoms with Crippen LogP contribution in [0, 0.1) is 6.92 Å². The van der Waals surface area contributed by atoms with E-state index in [0.717, 1.165) is 54.1 Å². The maximum atomic E-state index is 13.3. The number of nitrogens with zero attached hydrogens (tertiary/aromatic N) is 11. The van der Waals surface area contributed by atoms with Crippen LogP contribution in [0.5, 0.6) is 35.3 Å². The number of sulfonamides is 3. The number of urea groups is 1. The number of anilines is 3. The Morgan fingerprint density at radius 1 is 0.682 bits per heavy atom. The maximum Gasteiger partial charge on any atom is 0.418 e. The molecule has 37 nitrogen and oxygen atoms in total. The molecule has 8 aromatic rings. The number of amides is 2. The van der Waals surface area contributed by atoms with E-state index in [9.17, 15) is 89.1 Å². The highest BCUT2D eigenvalue weighted by Crippen LogP contribution is 2.41.